The largest absolute Gasteiger partial charge is 0.444 e. The Hall–Kier alpha value is -3.63. The minimum Gasteiger partial charge on any atom is -0.444 e. The van der Waals surface area contributed by atoms with Crippen molar-refractivity contribution in [2.45, 2.75) is 63.0 Å². The number of aromatic nitrogens is 4. The lowest BCUT2D eigenvalue weighted by Gasteiger charge is -2.27. The van der Waals surface area contributed by atoms with Crippen LogP contribution in [0.4, 0.5) is 9.18 Å². The van der Waals surface area contributed by atoms with E-state index >= 15 is 4.39 Å². The van der Waals surface area contributed by atoms with Crippen LogP contribution in [0.3, 0.4) is 0 Å². The normalized spacial score (nSPS) is 20.8. The summed E-state index contributed by atoms with van der Waals surface area (Å²) >= 11 is 1.73. The fourth-order valence-corrected chi connectivity index (χ4v) is 6.41. The number of carbonyl (C=O) groups excluding carboxylic acids is 1. The fourth-order valence-electron chi connectivity index (χ4n) is 5.73. The van der Waals surface area contributed by atoms with E-state index in [1.165, 1.54) is 6.07 Å². The van der Waals surface area contributed by atoms with Gasteiger partial charge in [-0.05, 0) is 70.0 Å². The molecule has 10 heteroatoms. The van der Waals surface area contributed by atoms with Crippen molar-refractivity contribution in [1.82, 2.24) is 30.2 Å². The number of halogens is 1. The smallest absolute Gasteiger partial charge is 0.410 e. The average Bonchev–Trinajstić information content (AvgIpc) is 3.78. The molecule has 2 aliphatic rings. The molecule has 0 saturated carbocycles. The lowest BCUT2D eigenvalue weighted by atomic mass is 10.0. The Bertz CT molecular complexity index is 1550. The van der Waals surface area contributed by atoms with Gasteiger partial charge in [-0.2, -0.15) is 11.8 Å². The van der Waals surface area contributed by atoms with Gasteiger partial charge in [0.05, 0.1) is 35.9 Å². The Morgan fingerprint density at radius 1 is 1.00 bits per heavy atom. The summed E-state index contributed by atoms with van der Waals surface area (Å²) < 4.78 is 21.1. The molecule has 6 rings (SSSR count). The molecule has 2 saturated heterocycles. The van der Waals surface area contributed by atoms with Crippen molar-refractivity contribution in [2.75, 3.05) is 19.3 Å². The summed E-state index contributed by atoms with van der Waals surface area (Å²) in [5, 5.41) is 3.75. The molecule has 42 heavy (non-hydrogen) atoms. The third-order valence-electron chi connectivity index (χ3n) is 7.91. The number of H-pyrrole nitrogens is 2. The molecule has 2 fully saturated rings. The molecule has 3 atom stereocenters. The summed E-state index contributed by atoms with van der Waals surface area (Å²) in [6.07, 6.45) is 8.29. The van der Waals surface area contributed by atoms with Gasteiger partial charge in [0, 0.05) is 22.9 Å². The summed E-state index contributed by atoms with van der Waals surface area (Å²) in [7, 11) is 0. The second-order valence-corrected chi connectivity index (χ2v) is 13.2. The first-order valence-corrected chi connectivity index (χ1v) is 15.7. The van der Waals surface area contributed by atoms with E-state index in [2.05, 4.69) is 25.3 Å². The summed E-state index contributed by atoms with van der Waals surface area (Å²) in [4.78, 5) is 30.6. The SMILES string of the molecule is CS[C@H]1CC(c2ncc(-c3ccc(-c4ccc(-c5cnc(C6CCCN6)[nH]5)cc4)c(F)c3)[nH]2)N(C(=O)OC(C)(C)C)C1. The van der Waals surface area contributed by atoms with Crippen LogP contribution in [0, 0.1) is 5.82 Å². The number of benzene rings is 2. The third-order valence-corrected chi connectivity index (χ3v) is 8.92. The molecule has 2 unspecified atom stereocenters. The summed E-state index contributed by atoms with van der Waals surface area (Å²) in [6, 6.07) is 13.1. The standard InChI is InChI=1S/C32H37FN6O2S/c1-32(2,3)41-31(40)39-18-22(42-4)15-28(39)30-36-17-27(38-30)21-11-12-23(24(33)14-21)19-7-9-20(10-8-19)26-16-35-29(37-26)25-6-5-13-34-25/h7-12,14,16-17,22,25,28,34H,5-6,13,15,18H2,1-4H3,(H,35,37)(H,36,38)/t22-,25?,28?/m0/s1. The highest BCUT2D eigenvalue weighted by Gasteiger charge is 2.39. The molecule has 2 aliphatic heterocycles. The zero-order valence-electron chi connectivity index (χ0n) is 24.4. The van der Waals surface area contributed by atoms with Crippen LogP contribution in [0.2, 0.25) is 0 Å². The number of hydrogen-bond acceptors (Lipinski definition) is 6. The topological polar surface area (TPSA) is 98.9 Å². The van der Waals surface area contributed by atoms with Crippen molar-refractivity contribution in [2.24, 2.45) is 0 Å². The van der Waals surface area contributed by atoms with Crippen molar-refractivity contribution in [3.8, 4) is 33.6 Å². The zero-order chi connectivity index (χ0) is 29.4. The van der Waals surface area contributed by atoms with Gasteiger partial charge in [-0.25, -0.2) is 19.2 Å². The van der Waals surface area contributed by atoms with Gasteiger partial charge in [-0.1, -0.05) is 36.4 Å². The number of hydrogen-bond donors (Lipinski definition) is 3. The summed E-state index contributed by atoms with van der Waals surface area (Å²) in [6.45, 7) is 7.21. The number of rotatable bonds is 6. The minimum atomic E-state index is -0.581. The Morgan fingerprint density at radius 3 is 2.33 bits per heavy atom. The fraction of sp³-hybridized carbons (Fsp3) is 0.406. The first-order valence-electron chi connectivity index (χ1n) is 14.4. The molecule has 2 aromatic carbocycles. The van der Waals surface area contributed by atoms with E-state index in [4.69, 9.17) is 4.74 Å². The summed E-state index contributed by atoms with van der Waals surface area (Å²) in [5.74, 6) is 1.33. The van der Waals surface area contributed by atoms with Gasteiger partial charge >= 0.3 is 6.09 Å². The molecule has 3 N–H and O–H groups in total. The minimum absolute atomic E-state index is 0.228. The van der Waals surface area contributed by atoms with Crippen LogP contribution in [0.25, 0.3) is 33.6 Å². The maximum atomic E-state index is 15.4. The van der Waals surface area contributed by atoms with Gasteiger partial charge in [-0.3, -0.25) is 4.90 Å². The second kappa shape index (κ2) is 11.6. The molecular formula is C32H37FN6O2S. The van der Waals surface area contributed by atoms with Crippen LogP contribution in [-0.2, 0) is 4.74 Å². The zero-order valence-corrected chi connectivity index (χ0v) is 25.2. The van der Waals surface area contributed by atoms with Gasteiger partial charge in [0.15, 0.2) is 0 Å². The molecule has 220 valence electrons. The maximum absolute atomic E-state index is 15.4. The maximum Gasteiger partial charge on any atom is 0.410 e. The molecule has 0 bridgehead atoms. The molecule has 2 aromatic heterocycles. The molecular weight excluding hydrogens is 551 g/mol. The Labute approximate surface area is 249 Å². The molecule has 1 amide bonds. The molecule has 0 spiro atoms. The highest BCUT2D eigenvalue weighted by atomic mass is 32.2. The van der Waals surface area contributed by atoms with Gasteiger partial charge in [0.2, 0.25) is 0 Å². The van der Waals surface area contributed by atoms with Crippen molar-refractivity contribution < 1.29 is 13.9 Å². The van der Waals surface area contributed by atoms with Crippen LogP contribution in [0.5, 0.6) is 0 Å². The van der Waals surface area contributed by atoms with E-state index in [0.29, 0.717) is 34.4 Å². The van der Waals surface area contributed by atoms with Crippen molar-refractivity contribution in [3.05, 3.63) is 72.3 Å². The van der Waals surface area contributed by atoms with Crippen LogP contribution in [0.1, 0.15) is 63.8 Å². The predicted molar refractivity (Wildman–Crippen MR) is 165 cm³/mol. The van der Waals surface area contributed by atoms with Crippen LogP contribution in [-0.4, -0.2) is 61.1 Å². The van der Waals surface area contributed by atoms with Crippen LogP contribution in [0.15, 0.2) is 54.9 Å². The van der Waals surface area contributed by atoms with Crippen LogP contribution >= 0.6 is 11.8 Å². The van der Waals surface area contributed by atoms with Crippen molar-refractivity contribution in [1.29, 1.82) is 0 Å². The van der Waals surface area contributed by atoms with Gasteiger partial charge in [0.1, 0.15) is 23.1 Å². The quantitative estimate of drug-likeness (QED) is 0.222. The molecule has 8 nitrogen and oxygen atoms in total. The number of imidazole rings is 2. The molecule has 4 heterocycles. The van der Waals surface area contributed by atoms with E-state index in [-0.39, 0.29) is 24.0 Å². The number of aromatic amines is 2. The number of likely N-dealkylation sites (tertiary alicyclic amines) is 1. The number of thioether (sulfide) groups is 1. The predicted octanol–water partition coefficient (Wildman–Crippen LogP) is 7.11. The van der Waals surface area contributed by atoms with Gasteiger partial charge in [-0.15, -0.1) is 0 Å². The average molecular weight is 589 g/mol. The highest BCUT2D eigenvalue weighted by Crippen LogP contribution is 2.37. The number of carbonyl (C=O) groups is 1. The molecule has 4 aromatic rings. The molecule has 0 aliphatic carbocycles. The van der Waals surface area contributed by atoms with E-state index in [9.17, 15) is 4.79 Å². The number of amides is 1. The van der Waals surface area contributed by atoms with E-state index in [1.54, 1.807) is 28.9 Å². The number of nitrogens with zero attached hydrogens (tertiary/aromatic N) is 3. The Kier molecular flexibility index (Phi) is 7.85. The first kappa shape index (κ1) is 28.5. The van der Waals surface area contributed by atoms with Gasteiger partial charge < -0.3 is 20.0 Å². The van der Waals surface area contributed by atoms with Crippen LogP contribution < -0.4 is 5.32 Å². The van der Waals surface area contributed by atoms with E-state index in [1.807, 2.05) is 63.6 Å². The van der Waals surface area contributed by atoms with Crippen molar-refractivity contribution >= 4 is 17.9 Å². The summed E-state index contributed by atoms with van der Waals surface area (Å²) in [5.41, 5.74) is 4.10. The monoisotopic (exact) mass is 588 g/mol. The molecule has 0 radical (unpaired) electrons. The Morgan fingerprint density at radius 2 is 1.67 bits per heavy atom. The van der Waals surface area contributed by atoms with E-state index in [0.717, 1.165) is 48.5 Å². The highest BCUT2D eigenvalue weighted by molar-refractivity contribution is 7.99. The van der Waals surface area contributed by atoms with Crippen molar-refractivity contribution in [3.63, 3.8) is 0 Å². The van der Waals surface area contributed by atoms with E-state index < -0.39 is 5.60 Å². The first-order chi connectivity index (χ1) is 20.2. The lowest BCUT2D eigenvalue weighted by Crippen LogP contribution is -2.37. The third kappa shape index (κ3) is 5.96. The Balaban J connectivity index is 1.18. The lowest BCUT2D eigenvalue weighted by molar-refractivity contribution is 0.0219. The number of nitrogens with one attached hydrogen (secondary N) is 3. The number of ether oxygens (including phenoxy) is 1. The second-order valence-electron chi connectivity index (χ2n) is 12.0. The van der Waals surface area contributed by atoms with Gasteiger partial charge in [0.25, 0.3) is 0 Å².